The molecule has 1 aromatic carbocycles. The van der Waals surface area contributed by atoms with Gasteiger partial charge in [-0.3, -0.25) is 9.59 Å². The summed E-state index contributed by atoms with van der Waals surface area (Å²) in [5.74, 6) is 0.275. The number of aromatic nitrogens is 1. The summed E-state index contributed by atoms with van der Waals surface area (Å²) in [4.78, 5) is 24.7. The summed E-state index contributed by atoms with van der Waals surface area (Å²) < 4.78 is 8.15. The average Bonchev–Trinajstić information content (AvgIpc) is 2.78. The van der Waals surface area contributed by atoms with Crippen LogP contribution in [0.1, 0.15) is 26.3 Å². The lowest BCUT2D eigenvalue weighted by molar-refractivity contribution is -0.120. The number of rotatable bonds is 3. The van der Waals surface area contributed by atoms with Crippen LogP contribution in [0.2, 0.25) is 0 Å². The molecule has 0 atom stereocenters. The van der Waals surface area contributed by atoms with Gasteiger partial charge in [-0.25, -0.2) is 0 Å². The molecular weight excluding hydrogens is 406 g/mol. The highest BCUT2D eigenvalue weighted by Gasteiger charge is 2.19. The molecule has 0 unspecified atom stereocenters. The number of hydrogen-bond donors (Lipinski definition) is 1. The zero-order chi connectivity index (χ0) is 18.9. The zero-order valence-electron chi connectivity index (χ0n) is 14.7. The minimum atomic E-state index is -0.501. The molecule has 1 N–H and O–H groups in total. The van der Waals surface area contributed by atoms with Crippen LogP contribution in [-0.4, -0.2) is 22.6 Å². The lowest BCUT2D eigenvalue weighted by Crippen LogP contribution is -2.30. The molecule has 0 aliphatic carbocycles. The fourth-order valence-corrected chi connectivity index (χ4v) is 3.51. The third-order valence-electron chi connectivity index (χ3n) is 3.62. The normalized spacial score (nSPS) is 13.4. The highest BCUT2D eigenvalue weighted by Crippen LogP contribution is 2.35. The number of nitrogens with zero attached hydrogens (tertiary/aromatic N) is 1. The third kappa shape index (κ3) is 4.22. The molecule has 0 saturated heterocycles. The van der Waals surface area contributed by atoms with E-state index in [0.717, 1.165) is 0 Å². The van der Waals surface area contributed by atoms with Gasteiger partial charge in [0.25, 0.3) is 5.56 Å². The summed E-state index contributed by atoms with van der Waals surface area (Å²) >= 11 is 4.51. The first kappa shape index (κ1) is 19.5. The van der Waals surface area contributed by atoms with Crippen molar-refractivity contribution in [3.63, 3.8) is 0 Å². The minimum Gasteiger partial charge on any atom is -0.503 e. The Kier molecular flexibility index (Phi) is 5.58. The Hall–Kier alpha value is -1.86. The number of Topliss-reactive ketones (excluding diaryl/α,β-unsaturated/α-hetero) is 1. The van der Waals surface area contributed by atoms with E-state index < -0.39 is 5.41 Å². The number of benzene rings is 1. The molecular formula is C18H20BrNO4S. The molecule has 0 bridgehead atoms. The monoisotopic (exact) mass is 425 g/mol. The molecule has 0 radical (unpaired) electrons. The maximum atomic E-state index is 12.4. The van der Waals surface area contributed by atoms with Crippen LogP contribution < -0.4 is 19.5 Å². The highest BCUT2D eigenvalue weighted by molar-refractivity contribution is 9.10. The van der Waals surface area contributed by atoms with E-state index in [-0.39, 0.29) is 17.1 Å². The molecule has 0 spiro atoms. The largest absolute Gasteiger partial charge is 0.503 e. The number of hydrogen-bond acceptors (Lipinski definition) is 5. The van der Waals surface area contributed by atoms with E-state index in [2.05, 4.69) is 15.9 Å². The van der Waals surface area contributed by atoms with E-state index in [0.29, 0.717) is 25.0 Å². The average molecular weight is 426 g/mol. The smallest absolute Gasteiger partial charge is 0.268 e. The predicted molar refractivity (Wildman–Crippen MR) is 104 cm³/mol. The number of methoxy groups -OCH3 is 1. The summed E-state index contributed by atoms with van der Waals surface area (Å²) in [5, 5.41) is 9.87. The van der Waals surface area contributed by atoms with E-state index >= 15 is 0 Å². The molecule has 0 saturated carbocycles. The summed E-state index contributed by atoms with van der Waals surface area (Å²) in [6.07, 6.45) is 3.22. The van der Waals surface area contributed by atoms with Gasteiger partial charge < -0.3 is 14.4 Å². The second-order valence-electron chi connectivity index (χ2n) is 6.63. The van der Waals surface area contributed by atoms with Crippen LogP contribution in [0.25, 0.3) is 12.2 Å². The van der Waals surface area contributed by atoms with E-state index in [1.165, 1.54) is 29.1 Å². The van der Waals surface area contributed by atoms with Gasteiger partial charge in [0.2, 0.25) is 0 Å². The number of phenolic OH excluding ortho intramolecular Hbond substituents is 1. The molecule has 1 aromatic heterocycles. The van der Waals surface area contributed by atoms with Crippen molar-refractivity contribution in [2.45, 2.75) is 20.8 Å². The summed E-state index contributed by atoms with van der Waals surface area (Å²) in [7, 11) is 3.10. The van der Waals surface area contributed by atoms with Crippen LogP contribution in [0.5, 0.6) is 11.5 Å². The zero-order valence-corrected chi connectivity index (χ0v) is 17.1. The van der Waals surface area contributed by atoms with Crippen LogP contribution in [0.15, 0.2) is 21.4 Å². The van der Waals surface area contributed by atoms with Crippen LogP contribution >= 0.6 is 27.3 Å². The van der Waals surface area contributed by atoms with Gasteiger partial charge in [-0.05, 0) is 39.7 Å². The first-order valence-corrected chi connectivity index (χ1v) is 9.15. The molecule has 5 nitrogen and oxygen atoms in total. The Labute approximate surface area is 158 Å². The van der Waals surface area contributed by atoms with Gasteiger partial charge in [0.05, 0.1) is 16.1 Å². The molecule has 2 rings (SSSR count). The van der Waals surface area contributed by atoms with Crippen molar-refractivity contribution in [2.75, 3.05) is 7.11 Å². The van der Waals surface area contributed by atoms with Gasteiger partial charge in [-0.1, -0.05) is 20.8 Å². The van der Waals surface area contributed by atoms with Gasteiger partial charge >= 0.3 is 0 Å². The number of halogens is 1. The number of aromatic hydroxyl groups is 1. The Balaban J connectivity index is 2.63. The Morgan fingerprint density at radius 3 is 2.56 bits per heavy atom. The van der Waals surface area contributed by atoms with Crippen LogP contribution in [0.4, 0.5) is 0 Å². The first-order chi connectivity index (χ1) is 11.5. The molecule has 0 fully saturated rings. The molecule has 0 aliphatic heterocycles. The van der Waals surface area contributed by atoms with Crippen molar-refractivity contribution in [1.29, 1.82) is 0 Å². The molecule has 0 amide bonds. The van der Waals surface area contributed by atoms with E-state index in [1.807, 2.05) is 20.8 Å². The maximum absolute atomic E-state index is 12.4. The lowest BCUT2D eigenvalue weighted by atomic mass is 9.91. The van der Waals surface area contributed by atoms with Gasteiger partial charge in [0, 0.05) is 18.5 Å². The number of thiazole rings is 1. The second-order valence-corrected chi connectivity index (χ2v) is 8.54. The van der Waals surface area contributed by atoms with Gasteiger partial charge in [-0.15, -0.1) is 11.3 Å². The molecule has 134 valence electrons. The van der Waals surface area contributed by atoms with Gasteiger partial charge in [-0.2, -0.15) is 0 Å². The maximum Gasteiger partial charge on any atom is 0.268 e. The standard InChI is InChI=1S/C18H20BrNO4S/c1-18(2,3)14(21)9-15-20(4)17(23)13(25-15)8-10-6-11(19)16(22)12(7-10)24-5/h6-9,22H,1-5H3/b13-8-,15-9-. The molecule has 7 heteroatoms. The molecule has 25 heavy (non-hydrogen) atoms. The number of phenols is 1. The Bertz CT molecular complexity index is 996. The van der Waals surface area contributed by atoms with E-state index in [1.54, 1.807) is 25.3 Å². The van der Waals surface area contributed by atoms with Crippen molar-refractivity contribution >= 4 is 45.2 Å². The fourth-order valence-electron chi connectivity index (χ4n) is 2.02. The fraction of sp³-hybridized carbons (Fsp3) is 0.333. The second kappa shape index (κ2) is 7.17. The predicted octanol–water partition coefficient (Wildman–Crippen LogP) is 2.15. The summed E-state index contributed by atoms with van der Waals surface area (Å²) in [6.45, 7) is 5.51. The number of carbonyl (C=O) groups excluding carboxylic acids is 1. The summed E-state index contributed by atoms with van der Waals surface area (Å²) in [5.41, 5.74) is 0.0225. The van der Waals surface area contributed by atoms with Crippen LogP contribution in [0, 0.1) is 5.41 Å². The van der Waals surface area contributed by atoms with E-state index in [4.69, 9.17) is 4.74 Å². The van der Waals surface area contributed by atoms with E-state index in [9.17, 15) is 14.7 Å². The van der Waals surface area contributed by atoms with Crippen molar-refractivity contribution < 1.29 is 14.6 Å². The molecule has 1 heterocycles. The van der Waals surface area contributed by atoms with Crippen LogP contribution in [0.3, 0.4) is 0 Å². The number of carbonyl (C=O) groups is 1. The van der Waals surface area contributed by atoms with Crippen LogP contribution in [-0.2, 0) is 11.8 Å². The van der Waals surface area contributed by atoms with Crippen molar-refractivity contribution in [3.8, 4) is 11.5 Å². The number of ketones is 1. The minimum absolute atomic E-state index is 0.00327. The first-order valence-electron chi connectivity index (χ1n) is 7.55. The SMILES string of the molecule is COc1cc(/C=c2\s/c(=C\C(=O)C(C)(C)C)n(C)c2=O)cc(Br)c1O. The lowest BCUT2D eigenvalue weighted by Gasteiger charge is -2.12. The molecule has 0 aliphatic rings. The quantitative estimate of drug-likeness (QED) is 0.817. The Morgan fingerprint density at radius 1 is 1.36 bits per heavy atom. The number of ether oxygens (including phenoxy) is 1. The summed E-state index contributed by atoms with van der Waals surface area (Å²) in [6, 6.07) is 3.34. The van der Waals surface area contributed by atoms with Gasteiger partial charge in [0.1, 0.15) is 4.66 Å². The highest BCUT2D eigenvalue weighted by atomic mass is 79.9. The van der Waals surface area contributed by atoms with Gasteiger partial charge in [0.15, 0.2) is 17.3 Å². The van der Waals surface area contributed by atoms with Crippen molar-refractivity contribution in [2.24, 2.45) is 12.5 Å². The van der Waals surface area contributed by atoms with Crippen molar-refractivity contribution in [1.82, 2.24) is 4.57 Å². The Morgan fingerprint density at radius 2 is 2.00 bits per heavy atom. The van der Waals surface area contributed by atoms with Crippen molar-refractivity contribution in [3.05, 3.63) is 41.7 Å². The third-order valence-corrected chi connectivity index (χ3v) is 5.34. The molecule has 2 aromatic rings. The topological polar surface area (TPSA) is 68.5 Å².